The molecule has 2 N–H and O–H groups in total. The average Bonchev–Trinajstić information content (AvgIpc) is 3.13. The minimum atomic E-state index is -0.495. The van der Waals surface area contributed by atoms with Crippen LogP contribution in [-0.2, 0) is 0 Å². The van der Waals surface area contributed by atoms with Crippen molar-refractivity contribution in [2.45, 2.75) is 0 Å². The number of nitrogens with one attached hydrogen (secondary N) is 2. The van der Waals surface area contributed by atoms with Crippen LogP contribution in [0, 0.1) is 5.82 Å². The second-order valence-electron chi connectivity index (χ2n) is 5.71. The topological polar surface area (TPSA) is 72.5 Å². The normalized spacial score (nSPS) is 11.9. The molecule has 2 aromatic carbocycles. The van der Waals surface area contributed by atoms with Crippen molar-refractivity contribution in [3.8, 4) is 11.5 Å². The van der Waals surface area contributed by atoms with E-state index in [9.17, 15) is 9.18 Å². The van der Waals surface area contributed by atoms with Gasteiger partial charge in [0, 0.05) is 23.6 Å². The zero-order chi connectivity index (χ0) is 18.8. The number of hydrogen-bond donors (Lipinski definition) is 2. The molecule has 0 fully saturated rings. The van der Waals surface area contributed by atoms with Crippen LogP contribution in [0.4, 0.5) is 21.6 Å². The monoisotopic (exact) mass is 385 g/mol. The maximum atomic E-state index is 13.2. The highest BCUT2D eigenvalue weighted by Crippen LogP contribution is 2.34. The van der Waals surface area contributed by atoms with Crippen molar-refractivity contribution in [3.63, 3.8) is 0 Å². The highest BCUT2D eigenvalue weighted by atomic mass is 35.5. The summed E-state index contributed by atoms with van der Waals surface area (Å²) >= 11 is 5.75. The number of carbonyl (C=O) groups is 1. The Bertz CT molecular complexity index is 1010. The molecule has 0 atom stereocenters. The minimum Gasteiger partial charge on any atom is -0.454 e. The first-order valence-corrected chi connectivity index (χ1v) is 8.35. The first-order valence-electron chi connectivity index (χ1n) is 7.97. The smallest absolute Gasteiger partial charge is 0.257 e. The van der Waals surface area contributed by atoms with Crippen molar-refractivity contribution in [3.05, 3.63) is 71.1 Å². The fraction of sp³-hybridized carbons (Fsp3) is 0.0526. The molecule has 136 valence electrons. The third kappa shape index (κ3) is 3.78. The molecular formula is C19H13ClFN3O3. The Balaban J connectivity index is 1.43. The fourth-order valence-electron chi connectivity index (χ4n) is 2.50. The summed E-state index contributed by atoms with van der Waals surface area (Å²) in [4.78, 5) is 16.6. The summed E-state index contributed by atoms with van der Waals surface area (Å²) in [5.41, 5.74) is 1.56. The number of fused-ring (bicyclic) bond motifs is 1. The second-order valence-corrected chi connectivity index (χ2v) is 6.12. The van der Waals surface area contributed by atoms with Crippen LogP contribution in [0.15, 0.2) is 54.7 Å². The molecule has 1 amide bonds. The summed E-state index contributed by atoms with van der Waals surface area (Å²) in [7, 11) is 0. The lowest BCUT2D eigenvalue weighted by Crippen LogP contribution is -2.12. The van der Waals surface area contributed by atoms with Crippen molar-refractivity contribution in [1.29, 1.82) is 0 Å². The van der Waals surface area contributed by atoms with Crippen LogP contribution < -0.4 is 20.1 Å². The van der Waals surface area contributed by atoms with Gasteiger partial charge in [-0.05, 0) is 42.5 Å². The number of aromatic nitrogens is 1. The number of pyridine rings is 1. The van der Waals surface area contributed by atoms with Crippen LogP contribution in [0.3, 0.4) is 0 Å². The van der Waals surface area contributed by atoms with Crippen LogP contribution in [0.2, 0.25) is 5.02 Å². The molecule has 8 heteroatoms. The van der Waals surface area contributed by atoms with Crippen molar-refractivity contribution >= 4 is 34.7 Å². The van der Waals surface area contributed by atoms with E-state index in [0.29, 0.717) is 34.3 Å². The molecule has 2 heterocycles. The number of ether oxygens (including phenoxy) is 2. The molecule has 0 aliphatic carbocycles. The number of nitrogens with zero attached hydrogens (tertiary/aromatic N) is 1. The lowest BCUT2D eigenvalue weighted by atomic mass is 10.2. The van der Waals surface area contributed by atoms with Gasteiger partial charge in [0.1, 0.15) is 11.6 Å². The van der Waals surface area contributed by atoms with Crippen LogP contribution in [-0.4, -0.2) is 17.7 Å². The van der Waals surface area contributed by atoms with Gasteiger partial charge >= 0.3 is 0 Å². The summed E-state index contributed by atoms with van der Waals surface area (Å²) in [5, 5.41) is 5.78. The molecule has 0 saturated carbocycles. The molecule has 1 aromatic heterocycles. The molecule has 0 bridgehead atoms. The van der Waals surface area contributed by atoms with Crippen LogP contribution in [0.25, 0.3) is 0 Å². The fourth-order valence-corrected chi connectivity index (χ4v) is 2.68. The van der Waals surface area contributed by atoms with Gasteiger partial charge in [0.25, 0.3) is 5.91 Å². The summed E-state index contributed by atoms with van der Waals surface area (Å²) in [5.74, 6) is 0.926. The van der Waals surface area contributed by atoms with Gasteiger partial charge in [0.15, 0.2) is 11.5 Å². The quantitative estimate of drug-likeness (QED) is 0.686. The Morgan fingerprint density at radius 1 is 1.04 bits per heavy atom. The van der Waals surface area contributed by atoms with E-state index in [1.54, 1.807) is 36.4 Å². The van der Waals surface area contributed by atoms with Gasteiger partial charge < -0.3 is 20.1 Å². The predicted octanol–water partition coefficient (Wildman–Crippen LogP) is 4.60. The maximum absolute atomic E-state index is 13.2. The number of halogens is 2. The van der Waals surface area contributed by atoms with E-state index in [-0.39, 0.29) is 17.7 Å². The third-order valence-corrected chi connectivity index (χ3v) is 4.14. The maximum Gasteiger partial charge on any atom is 0.257 e. The van der Waals surface area contributed by atoms with Crippen molar-refractivity contribution < 1.29 is 18.7 Å². The largest absolute Gasteiger partial charge is 0.454 e. The Labute approximate surface area is 158 Å². The Hall–Kier alpha value is -3.32. The highest BCUT2D eigenvalue weighted by Gasteiger charge is 2.15. The average molecular weight is 386 g/mol. The Morgan fingerprint density at radius 2 is 1.85 bits per heavy atom. The molecule has 6 nitrogen and oxygen atoms in total. The Kier molecular flexibility index (Phi) is 4.52. The van der Waals surface area contributed by atoms with Crippen molar-refractivity contribution in [2.75, 3.05) is 17.4 Å². The second kappa shape index (κ2) is 7.13. The minimum absolute atomic E-state index is 0.0136. The standard InChI is InChI=1S/C19H13ClFN3O3/c20-14-7-12(2-4-15(14)21)23-18-6-1-11(9-22-18)19(25)24-13-3-5-16-17(8-13)27-10-26-16/h1-9H,10H2,(H,22,23)(H,24,25). The third-order valence-electron chi connectivity index (χ3n) is 3.85. The van der Waals surface area contributed by atoms with Gasteiger partial charge in [-0.3, -0.25) is 4.79 Å². The van der Waals surface area contributed by atoms with E-state index in [0.717, 1.165) is 0 Å². The zero-order valence-electron chi connectivity index (χ0n) is 13.8. The summed E-state index contributed by atoms with van der Waals surface area (Å²) in [6, 6.07) is 12.7. The van der Waals surface area contributed by atoms with Gasteiger partial charge in [-0.2, -0.15) is 0 Å². The Morgan fingerprint density at radius 3 is 2.63 bits per heavy atom. The molecular weight excluding hydrogens is 373 g/mol. The molecule has 4 rings (SSSR count). The van der Waals surface area contributed by atoms with Crippen molar-refractivity contribution in [2.24, 2.45) is 0 Å². The van der Waals surface area contributed by atoms with Gasteiger partial charge in [-0.15, -0.1) is 0 Å². The summed E-state index contributed by atoms with van der Waals surface area (Å²) in [6.07, 6.45) is 1.44. The number of benzene rings is 2. The molecule has 0 radical (unpaired) electrons. The van der Waals surface area contributed by atoms with Gasteiger partial charge in [0.05, 0.1) is 10.6 Å². The molecule has 0 saturated heterocycles. The van der Waals surface area contributed by atoms with Crippen molar-refractivity contribution in [1.82, 2.24) is 4.98 Å². The van der Waals surface area contributed by atoms with E-state index in [4.69, 9.17) is 21.1 Å². The van der Waals surface area contributed by atoms with E-state index < -0.39 is 5.82 Å². The van der Waals surface area contributed by atoms with Crippen LogP contribution in [0.1, 0.15) is 10.4 Å². The number of amides is 1. The summed E-state index contributed by atoms with van der Waals surface area (Å²) in [6.45, 7) is 0.171. The molecule has 0 spiro atoms. The molecule has 3 aromatic rings. The van der Waals surface area contributed by atoms with Gasteiger partial charge in [0.2, 0.25) is 6.79 Å². The number of hydrogen-bond acceptors (Lipinski definition) is 5. The van der Waals surface area contributed by atoms with Crippen LogP contribution in [0.5, 0.6) is 11.5 Å². The lowest BCUT2D eigenvalue weighted by Gasteiger charge is -2.08. The summed E-state index contributed by atoms with van der Waals surface area (Å²) < 4.78 is 23.7. The van der Waals surface area contributed by atoms with Crippen LogP contribution >= 0.6 is 11.6 Å². The first-order chi connectivity index (χ1) is 13.1. The lowest BCUT2D eigenvalue weighted by molar-refractivity contribution is 0.102. The van der Waals surface area contributed by atoms with E-state index in [1.165, 1.54) is 18.3 Å². The number of anilines is 3. The zero-order valence-corrected chi connectivity index (χ0v) is 14.6. The molecule has 1 aliphatic heterocycles. The predicted molar refractivity (Wildman–Crippen MR) is 99.4 cm³/mol. The van der Waals surface area contributed by atoms with E-state index >= 15 is 0 Å². The van der Waals surface area contributed by atoms with Gasteiger partial charge in [-0.25, -0.2) is 9.37 Å². The van der Waals surface area contributed by atoms with E-state index in [1.807, 2.05) is 0 Å². The number of rotatable bonds is 4. The molecule has 0 unspecified atom stereocenters. The van der Waals surface area contributed by atoms with E-state index in [2.05, 4.69) is 15.6 Å². The number of carbonyl (C=O) groups excluding carboxylic acids is 1. The molecule has 27 heavy (non-hydrogen) atoms. The first kappa shape index (κ1) is 17.1. The SMILES string of the molecule is O=C(Nc1ccc2c(c1)OCO2)c1ccc(Nc2ccc(F)c(Cl)c2)nc1. The molecule has 1 aliphatic rings. The highest BCUT2D eigenvalue weighted by molar-refractivity contribution is 6.31. The van der Waals surface area contributed by atoms with Gasteiger partial charge in [-0.1, -0.05) is 11.6 Å².